The minimum Gasteiger partial charge on any atom is -0.0905 e. The molecule has 30 valence electrons. The van der Waals surface area contributed by atoms with Crippen molar-refractivity contribution in [2.75, 3.05) is 6.66 Å². The average Bonchev–Trinajstić information content (AvgIpc) is 1.36. The van der Waals surface area contributed by atoms with E-state index in [0.717, 1.165) is 4.49 Å². The second-order valence-corrected chi connectivity index (χ2v) is 2.78. The maximum atomic E-state index is 6.70. The van der Waals surface area contributed by atoms with E-state index in [1.165, 1.54) is 0 Å². The zero-order valence-corrected chi connectivity index (χ0v) is 4.84. The first kappa shape index (κ1) is 3.66. The van der Waals surface area contributed by atoms with E-state index in [4.69, 9.17) is 1.41 Å². The van der Waals surface area contributed by atoms with Crippen LogP contribution in [0.3, 0.4) is 0 Å². The van der Waals surface area contributed by atoms with Gasteiger partial charge in [0, 0.05) is 0 Å². The first-order valence-corrected chi connectivity index (χ1v) is 3.49. The van der Waals surface area contributed by atoms with Gasteiger partial charge in [-0.05, 0) is 0 Å². The summed E-state index contributed by atoms with van der Waals surface area (Å²) in [4.78, 5) is 0. The zero-order chi connectivity index (χ0) is 5.15. The highest BCUT2D eigenvalue weighted by molar-refractivity contribution is 7.85. The summed E-state index contributed by atoms with van der Waals surface area (Å²) in [6, 6.07) is 0. The molecule has 0 fully saturated rings. The van der Waals surface area contributed by atoms with Crippen LogP contribution < -0.4 is 4.49 Å². The Morgan fingerprint density at radius 1 is 2.40 bits per heavy atom. The van der Waals surface area contributed by atoms with Gasteiger partial charge in [-0.2, -0.15) is 0 Å². The van der Waals surface area contributed by atoms with E-state index in [1.807, 2.05) is 6.66 Å². The summed E-state index contributed by atoms with van der Waals surface area (Å²) in [5, 5.41) is 0. The lowest BCUT2D eigenvalue weighted by Gasteiger charge is -1.68. The van der Waals surface area contributed by atoms with Crippen LogP contribution in [0.1, 0.15) is 0 Å². The smallest absolute Gasteiger partial charge is 0.0905 e. The minimum atomic E-state index is -0.545. The van der Waals surface area contributed by atoms with Crippen LogP contribution in [-0.4, -0.2) is 13.0 Å². The summed E-state index contributed by atoms with van der Waals surface area (Å²) in [5.41, 5.74) is 0. The Hall–Kier alpha value is 0.480. The third-order valence-corrected chi connectivity index (χ3v) is 1.37. The van der Waals surface area contributed by atoms with E-state index in [-0.39, 0.29) is 0 Å². The number of nitrogens with one attached hydrogen (secondary N) is 1. The van der Waals surface area contributed by atoms with Gasteiger partial charge in [-0.1, -0.05) is 17.3 Å². The van der Waals surface area contributed by atoms with Crippen LogP contribution in [0.5, 0.6) is 0 Å². The molecule has 0 aromatic rings. The fraction of sp³-hybridized carbons (Fsp3) is 0.500. The molecular formula is C2H7NPS+. The van der Waals surface area contributed by atoms with Crippen molar-refractivity contribution in [3.05, 3.63) is 0 Å². The van der Waals surface area contributed by atoms with Crippen molar-refractivity contribution in [1.82, 2.24) is 4.49 Å². The third kappa shape index (κ3) is 4.48. The third-order valence-electron chi connectivity index (χ3n) is 0.153. The number of thiol groups is 1. The second kappa shape index (κ2) is 2.70. The summed E-state index contributed by atoms with van der Waals surface area (Å²) in [5.74, 6) is 0. The van der Waals surface area contributed by atoms with E-state index < -0.39 is 7.70 Å². The molecule has 5 heavy (non-hydrogen) atoms. The van der Waals surface area contributed by atoms with Gasteiger partial charge in [-0.25, -0.2) is 0 Å². The van der Waals surface area contributed by atoms with E-state index in [9.17, 15) is 0 Å². The molecule has 0 aliphatic rings. The Morgan fingerprint density at radius 2 is 2.60 bits per heavy atom. The molecule has 0 radical (unpaired) electrons. The van der Waals surface area contributed by atoms with Gasteiger partial charge in [0.1, 0.15) is 6.66 Å². The molecule has 1 N–H and O–H groups in total. The lowest BCUT2D eigenvalue weighted by Crippen LogP contribution is -1.74. The van der Waals surface area contributed by atoms with Crippen molar-refractivity contribution in [3.63, 3.8) is 0 Å². The summed E-state index contributed by atoms with van der Waals surface area (Å²) >= 11 is 3.66. The molecule has 1 unspecified atom stereocenters. The van der Waals surface area contributed by atoms with Crippen LogP contribution in [0.2, 0.25) is 1.41 Å². The molecule has 0 amide bonds. The maximum absolute atomic E-state index is 6.70. The molecule has 0 aromatic carbocycles. The maximum Gasteiger partial charge on any atom is 0.190 e. The van der Waals surface area contributed by atoms with Crippen LogP contribution in [0.4, 0.5) is 0 Å². The number of hydrogen-bond donors (Lipinski definition) is 2. The number of hydrogen-bond acceptors (Lipinski definition) is 2. The highest BCUT2D eigenvalue weighted by Crippen LogP contribution is 2.03. The van der Waals surface area contributed by atoms with Gasteiger partial charge in [-0.3, -0.25) is 0 Å². The SMILES string of the molecule is [2H]N(S)[P+](=C)C. The molecule has 0 aliphatic carbocycles. The van der Waals surface area contributed by atoms with Crippen LogP contribution in [0.15, 0.2) is 0 Å². The molecule has 1 nitrogen and oxygen atoms in total. The van der Waals surface area contributed by atoms with Gasteiger partial charge in [0.05, 0.1) is 6.30 Å². The van der Waals surface area contributed by atoms with E-state index >= 15 is 0 Å². The number of rotatable bonds is 1. The zero-order valence-electron chi connectivity index (χ0n) is 4.05. The molecule has 1 atom stereocenters. The average molecular weight is 109 g/mol. The van der Waals surface area contributed by atoms with Crippen molar-refractivity contribution >= 4 is 26.8 Å². The van der Waals surface area contributed by atoms with Crippen LogP contribution in [0.25, 0.3) is 0 Å². The van der Waals surface area contributed by atoms with Crippen molar-refractivity contribution in [2.24, 2.45) is 0 Å². The first-order chi connectivity index (χ1) is 2.64. The fourth-order valence-corrected chi connectivity index (χ4v) is 0. The molecule has 3 heteroatoms. The normalized spacial score (nSPS) is 15.0. The van der Waals surface area contributed by atoms with Gasteiger partial charge in [0.15, 0.2) is 9.11 Å². The second-order valence-electron chi connectivity index (χ2n) is 0.747. The topological polar surface area (TPSA) is 12.0 Å². The van der Waals surface area contributed by atoms with Crippen LogP contribution >= 0.6 is 20.5 Å². The van der Waals surface area contributed by atoms with E-state index in [2.05, 4.69) is 19.1 Å². The lowest BCUT2D eigenvalue weighted by molar-refractivity contribution is 1.75. The van der Waals surface area contributed by atoms with Gasteiger partial charge >= 0.3 is 0 Å². The fourth-order valence-electron chi connectivity index (χ4n) is 0. The predicted octanol–water partition coefficient (Wildman–Crippen LogP) is 0.879. The van der Waals surface area contributed by atoms with Crippen molar-refractivity contribution in [1.29, 1.82) is 0 Å². The largest absolute Gasteiger partial charge is 0.190 e. The quantitative estimate of drug-likeness (QED) is 0.376. The monoisotopic (exact) mass is 109 g/mol. The summed E-state index contributed by atoms with van der Waals surface area (Å²) < 4.78 is 7.76. The molecule has 0 heterocycles. The Morgan fingerprint density at radius 3 is 2.60 bits per heavy atom. The Labute approximate surface area is 40.2 Å². The summed E-state index contributed by atoms with van der Waals surface area (Å²) in [6.45, 7) is 1.86. The van der Waals surface area contributed by atoms with Gasteiger partial charge in [0.2, 0.25) is 0 Å². The summed E-state index contributed by atoms with van der Waals surface area (Å²) in [7, 11) is -0.545. The molecular weight excluding hydrogens is 101 g/mol. The standard InChI is InChI=1S/C2H7NPS/c1-4(2)3-5/h3,5H,1H2,2H3/q+1/i/hD. The Kier molecular flexibility index (Phi) is 1.98. The molecule has 0 aromatic heterocycles. The molecule has 0 saturated heterocycles. The van der Waals surface area contributed by atoms with Crippen LogP contribution in [0, 0.1) is 0 Å². The first-order valence-electron chi connectivity index (χ1n) is 1.61. The van der Waals surface area contributed by atoms with E-state index in [0.29, 0.717) is 0 Å². The molecule has 0 rings (SSSR count). The molecule has 0 saturated carbocycles. The Bertz CT molecular complexity index is 64.6. The van der Waals surface area contributed by atoms with Gasteiger partial charge in [-0.15, -0.1) is 0 Å². The lowest BCUT2D eigenvalue weighted by atomic mass is 11.9. The Balaban J connectivity index is 3.26. The minimum absolute atomic E-state index is 0.545. The van der Waals surface area contributed by atoms with Crippen molar-refractivity contribution in [3.8, 4) is 0 Å². The highest BCUT2D eigenvalue weighted by atomic mass is 32.1. The van der Waals surface area contributed by atoms with Crippen molar-refractivity contribution in [2.45, 2.75) is 0 Å². The molecule has 0 bridgehead atoms. The summed E-state index contributed by atoms with van der Waals surface area (Å²) in [6.07, 6.45) is 3.56. The van der Waals surface area contributed by atoms with Gasteiger partial charge < -0.3 is 0 Å². The van der Waals surface area contributed by atoms with Crippen molar-refractivity contribution < 1.29 is 1.41 Å². The predicted molar refractivity (Wildman–Crippen MR) is 32.1 cm³/mol. The highest BCUT2D eigenvalue weighted by Gasteiger charge is 1.80. The van der Waals surface area contributed by atoms with E-state index in [1.54, 1.807) is 0 Å². The van der Waals surface area contributed by atoms with Gasteiger partial charge in [0.25, 0.3) is 0 Å². The molecule has 0 spiro atoms. The van der Waals surface area contributed by atoms with Crippen LogP contribution in [-0.2, 0) is 0 Å². The molecule has 0 aliphatic heterocycles.